The van der Waals surface area contributed by atoms with Crippen LogP contribution in [0.2, 0.25) is 0 Å². The van der Waals surface area contributed by atoms with Crippen molar-refractivity contribution < 1.29 is 9.53 Å². The molecule has 1 atom stereocenters. The van der Waals surface area contributed by atoms with E-state index < -0.39 is 17.5 Å². The second-order valence-corrected chi connectivity index (χ2v) is 6.47. The number of carbonyl (C=O) groups excluding carboxylic acids is 1. The molecule has 2 aliphatic heterocycles. The number of anilines is 1. The minimum atomic E-state index is -0.484. The van der Waals surface area contributed by atoms with Crippen LogP contribution in [0.25, 0.3) is 11.2 Å². The topological polar surface area (TPSA) is 91.4 Å². The van der Waals surface area contributed by atoms with Gasteiger partial charge in [-0.3, -0.25) is 18.7 Å². The second kappa shape index (κ2) is 4.84. The predicted molar refractivity (Wildman–Crippen MR) is 92.5 cm³/mol. The third kappa shape index (κ3) is 1.69. The summed E-state index contributed by atoms with van der Waals surface area (Å²) in [6.07, 6.45) is 0.0347. The first kappa shape index (κ1) is 14.9. The number of imidazole rings is 1. The van der Waals surface area contributed by atoms with Gasteiger partial charge in [0.1, 0.15) is 5.75 Å². The minimum Gasteiger partial charge on any atom is -0.469 e. The van der Waals surface area contributed by atoms with Crippen molar-refractivity contribution >= 4 is 23.0 Å². The van der Waals surface area contributed by atoms with Crippen LogP contribution in [0.1, 0.15) is 16.8 Å². The molecule has 0 bridgehead atoms. The van der Waals surface area contributed by atoms with E-state index in [4.69, 9.17) is 4.74 Å². The molecule has 4 heterocycles. The van der Waals surface area contributed by atoms with Crippen molar-refractivity contribution in [3.05, 3.63) is 50.7 Å². The zero-order chi connectivity index (χ0) is 18.2. The van der Waals surface area contributed by atoms with Gasteiger partial charge in [0, 0.05) is 27.1 Å². The van der Waals surface area contributed by atoms with Crippen LogP contribution in [0.15, 0.2) is 33.9 Å². The number of hydrogen-bond acceptors (Lipinski definition) is 5. The number of aromatic nitrogens is 4. The maximum Gasteiger partial charge on any atom is 0.332 e. The van der Waals surface area contributed by atoms with Gasteiger partial charge in [0.15, 0.2) is 17.4 Å². The van der Waals surface area contributed by atoms with E-state index >= 15 is 0 Å². The average molecular weight is 353 g/mol. The highest BCUT2D eigenvalue weighted by atomic mass is 16.5. The molecule has 0 unspecified atom stereocenters. The van der Waals surface area contributed by atoms with Crippen molar-refractivity contribution in [2.24, 2.45) is 14.1 Å². The van der Waals surface area contributed by atoms with E-state index in [0.29, 0.717) is 35.7 Å². The Hall–Kier alpha value is -3.36. The van der Waals surface area contributed by atoms with Crippen molar-refractivity contribution in [1.82, 2.24) is 18.7 Å². The molecule has 0 fully saturated rings. The van der Waals surface area contributed by atoms with Gasteiger partial charge in [0.2, 0.25) is 5.95 Å². The number of para-hydroxylation sites is 1. The number of fused-ring (bicyclic) bond motifs is 6. The Morgan fingerprint density at radius 3 is 2.69 bits per heavy atom. The molecule has 9 nitrogen and oxygen atoms in total. The van der Waals surface area contributed by atoms with E-state index in [2.05, 4.69) is 4.98 Å². The third-order valence-corrected chi connectivity index (χ3v) is 5.03. The Kier molecular flexibility index (Phi) is 2.78. The summed E-state index contributed by atoms with van der Waals surface area (Å²) in [5.41, 5.74) is 0.147. The number of hydrogen-bond donors (Lipinski definition) is 0. The monoisotopic (exact) mass is 353 g/mol. The second-order valence-electron chi connectivity index (χ2n) is 6.47. The first-order chi connectivity index (χ1) is 12.5. The number of nitrogens with zero attached hydrogens (tertiary/aromatic N) is 5. The fourth-order valence-corrected chi connectivity index (χ4v) is 3.68. The molecular weight excluding hydrogens is 338 g/mol. The van der Waals surface area contributed by atoms with Crippen molar-refractivity contribution in [3.63, 3.8) is 0 Å². The fourth-order valence-electron chi connectivity index (χ4n) is 3.68. The lowest BCUT2D eigenvalue weighted by Crippen LogP contribution is -2.51. The minimum absolute atomic E-state index is 0.227. The lowest BCUT2D eigenvalue weighted by molar-refractivity contribution is 0.0811. The van der Waals surface area contributed by atoms with Crippen LogP contribution in [-0.4, -0.2) is 30.8 Å². The van der Waals surface area contributed by atoms with Gasteiger partial charge in [-0.05, 0) is 12.1 Å². The number of ether oxygens (including phenoxy) is 1. The Morgan fingerprint density at radius 2 is 1.88 bits per heavy atom. The Bertz CT molecular complexity index is 1220. The molecule has 26 heavy (non-hydrogen) atoms. The highest BCUT2D eigenvalue weighted by Crippen LogP contribution is 2.36. The summed E-state index contributed by atoms with van der Waals surface area (Å²) in [7, 11) is 2.99. The van der Waals surface area contributed by atoms with Gasteiger partial charge >= 0.3 is 5.69 Å². The number of rotatable bonds is 0. The molecule has 0 spiro atoms. The lowest BCUT2D eigenvalue weighted by atomic mass is 10.1. The molecule has 9 heteroatoms. The molecule has 5 rings (SSSR count). The van der Waals surface area contributed by atoms with Gasteiger partial charge in [-0.1, -0.05) is 12.1 Å². The van der Waals surface area contributed by atoms with Crippen LogP contribution in [-0.2, 0) is 20.6 Å². The smallest absolute Gasteiger partial charge is 0.332 e. The standard InChI is InChI=1S/C17H15N5O4/c1-19-13-12(15(24)20(2)17(19)25)21-8-7-11-22(16(21)18-13)14(23)9-5-3-4-6-10(9)26-11/h3-6,11H,7-8H2,1-2H3/t11-/m1/s1. The van der Waals surface area contributed by atoms with Crippen LogP contribution < -0.4 is 20.9 Å². The normalized spacial score (nSPS) is 18.3. The van der Waals surface area contributed by atoms with E-state index in [1.807, 2.05) is 6.07 Å². The number of amides is 1. The number of benzene rings is 1. The van der Waals surface area contributed by atoms with Gasteiger partial charge in [-0.15, -0.1) is 0 Å². The molecule has 0 saturated carbocycles. The molecule has 1 amide bonds. The predicted octanol–water partition coefficient (Wildman–Crippen LogP) is 0.203. The first-order valence-electron chi connectivity index (χ1n) is 8.24. The van der Waals surface area contributed by atoms with Gasteiger partial charge in [-0.25, -0.2) is 9.69 Å². The summed E-state index contributed by atoms with van der Waals surface area (Å²) in [6, 6.07) is 7.05. The molecule has 2 aromatic heterocycles. The Morgan fingerprint density at radius 1 is 1.12 bits per heavy atom. The summed E-state index contributed by atoms with van der Waals surface area (Å²) in [5, 5.41) is 0. The third-order valence-electron chi connectivity index (χ3n) is 5.03. The van der Waals surface area contributed by atoms with Crippen LogP contribution in [0.3, 0.4) is 0 Å². The van der Waals surface area contributed by atoms with Gasteiger partial charge in [-0.2, -0.15) is 4.98 Å². The van der Waals surface area contributed by atoms with Crippen LogP contribution in [0.5, 0.6) is 5.75 Å². The summed E-state index contributed by atoms with van der Waals surface area (Å²) >= 11 is 0. The van der Waals surface area contributed by atoms with Crippen molar-refractivity contribution in [2.75, 3.05) is 4.90 Å². The molecular formula is C17H15N5O4. The Labute approximate surface area is 146 Å². The van der Waals surface area contributed by atoms with E-state index in [-0.39, 0.29) is 11.6 Å². The highest BCUT2D eigenvalue weighted by Gasteiger charge is 2.41. The summed E-state index contributed by atoms with van der Waals surface area (Å²) in [4.78, 5) is 43.8. The van der Waals surface area contributed by atoms with Crippen molar-refractivity contribution in [1.29, 1.82) is 0 Å². The number of carbonyl (C=O) groups is 1. The van der Waals surface area contributed by atoms with Gasteiger partial charge < -0.3 is 9.30 Å². The van der Waals surface area contributed by atoms with Crippen molar-refractivity contribution in [2.45, 2.75) is 19.2 Å². The molecule has 2 aliphatic rings. The largest absolute Gasteiger partial charge is 0.469 e. The lowest BCUT2D eigenvalue weighted by Gasteiger charge is -2.38. The van der Waals surface area contributed by atoms with E-state index in [1.165, 1.54) is 16.5 Å². The van der Waals surface area contributed by atoms with Crippen molar-refractivity contribution in [3.8, 4) is 5.75 Å². The quantitative estimate of drug-likeness (QED) is 0.576. The van der Waals surface area contributed by atoms with Gasteiger partial charge in [0.25, 0.3) is 11.5 Å². The maximum atomic E-state index is 13.0. The van der Waals surface area contributed by atoms with E-state index in [1.54, 1.807) is 29.8 Å². The molecule has 3 aromatic rings. The summed E-state index contributed by atoms with van der Waals surface area (Å²) in [5.74, 6) is 0.649. The molecule has 0 radical (unpaired) electrons. The highest BCUT2D eigenvalue weighted by molar-refractivity contribution is 6.09. The average Bonchev–Trinajstić information content (AvgIpc) is 3.04. The fraction of sp³-hybridized carbons (Fsp3) is 0.294. The molecule has 0 aliphatic carbocycles. The molecule has 1 aromatic carbocycles. The van der Waals surface area contributed by atoms with Crippen LogP contribution in [0.4, 0.5) is 5.95 Å². The zero-order valence-corrected chi connectivity index (χ0v) is 14.2. The first-order valence-corrected chi connectivity index (χ1v) is 8.24. The van der Waals surface area contributed by atoms with E-state index in [0.717, 1.165) is 4.57 Å². The zero-order valence-electron chi connectivity index (χ0n) is 14.2. The number of aryl methyl sites for hydroxylation is 2. The Balaban J connectivity index is 1.80. The molecule has 0 N–H and O–H groups in total. The van der Waals surface area contributed by atoms with Crippen LogP contribution in [0, 0.1) is 0 Å². The van der Waals surface area contributed by atoms with Crippen LogP contribution >= 0.6 is 0 Å². The van der Waals surface area contributed by atoms with E-state index in [9.17, 15) is 14.4 Å². The summed E-state index contributed by atoms with van der Waals surface area (Å²) < 4.78 is 10.0. The van der Waals surface area contributed by atoms with Gasteiger partial charge in [0.05, 0.1) is 5.56 Å². The molecule has 0 saturated heterocycles. The molecule has 132 valence electrons. The summed E-state index contributed by atoms with van der Waals surface area (Å²) in [6.45, 7) is 0.468. The maximum absolute atomic E-state index is 13.0. The SMILES string of the molecule is Cn1c(=O)c2c(nc3n2CC[C@H]2Oc4ccccc4C(=O)N32)n(C)c1=O.